The summed E-state index contributed by atoms with van der Waals surface area (Å²) in [5, 5.41) is 10.2. The molecule has 0 saturated carbocycles. The van der Waals surface area contributed by atoms with Crippen molar-refractivity contribution >= 4 is 43.2 Å². The van der Waals surface area contributed by atoms with Crippen LogP contribution in [0.15, 0.2) is 33.6 Å². The van der Waals surface area contributed by atoms with Gasteiger partial charge in [0.05, 0.1) is 21.2 Å². The van der Waals surface area contributed by atoms with Crippen LogP contribution in [0.4, 0.5) is 10.1 Å². The normalized spacial score (nSPS) is 17.0. The summed E-state index contributed by atoms with van der Waals surface area (Å²) in [4.78, 5) is 0.0430. The van der Waals surface area contributed by atoms with Gasteiger partial charge < -0.3 is 5.11 Å². The summed E-state index contributed by atoms with van der Waals surface area (Å²) >= 11 is 9.12. The third kappa shape index (κ3) is 3.06. The number of halogens is 3. The molecular formula is C16H14BrClFNO3S. The fourth-order valence-corrected chi connectivity index (χ4v) is 4.92. The van der Waals surface area contributed by atoms with Gasteiger partial charge in [0.1, 0.15) is 5.82 Å². The van der Waals surface area contributed by atoms with Crippen molar-refractivity contribution in [3.63, 3.8) is 0 Å². The molecule has 0 bridgehead atoms. The Balaban J connectivity index is 2.07. The van der Waals surface area contributed by atoms with Gasteiger partial charge in [-0.2, -0.15) is 0 Å². The van der Waals surface area contributed by atoms with Crippen molar-refractivity contribution in [2.75, 3.05) is 4.72 Å². The molecule has 0 aromatic heterocycles. The van der Waals surface area contributed by atoms with Gasteiger partial charge in [0.15, 0.2) is 0 Å². The number of sulfonamides is 1. The smallest absolute Gasteiger partial charge is 0.262 e. The number of fused-ring (bicyclic) bond motifs is 1. The van der Waals surface area contributed by atoms with Gasteiger partial charge in [0.25, 0.3) is 10.0 Å². The summed E-state index contributed by atoms with van der Waals surface area (Å²) in [6, 6.07) is 5.51. The number of nitrogens with one attached hydrogen (secondary N) is 1. The van der Waals surface area contributed by atoms with Crippen LogP contribution in [0, 0.1) is 12.7 Å². The maximum absolute atomic E-state index is 13.5. The first-order valence-electron chi connectivity index (χ1n) is 7.18. The highest BCUT2D eigenvalue weighted by Crippen LogP contribution is 2.38. The van der Waals surface area contributed by atoms with E-state index in [1.807, 2.05) is 0 Å². The van der Waals surface area contributed by atoms with Crippen LogP contribution in [-0.2, 0) is 16.4 Å². The van der Waals surface area contributed by atoms with Crippen molar-refractivity contribution in [2.45, 2.75) is 30.8 Å². The fourth-order valence-electron chi connectivity index (χ4n) is 2.84. The molecule has 0 amide bonds. The second-order valence-corrected chi connectivity index (χ2v) is 8.55. The lowest BCUT2D eigenvalue weighted by Gasteiger charge is -2.15. The molecule has 8 heteroatoms. The van der Waals surface area contributed by atoms with E-state index in [1.54, 1.807) is 13.0 Å². The van der Waals surface area contributed by atoms with Crippen molar-refractivity contribution in [1.82, 2.24) is 0 Å². The van der Waals surface area contributed by atoms with E-state index in [0.29, 0.717) is 29.5 Å². The molecule has 0 unspecified atom stereocenters. The Bertz CT molecular complexity index is 933. The maximum Gasteiger partial charge on any atom is 0.262 e. The molecule has 24 heavy (non-hydrogen) atoms. The molecule has 2 aromatic carbocycles. The van der Waals surface area contributed by atoms with Crippen LogP contribution in [0.5, 0.6) is 0 Å². The number of aliphatic hydroxyl groups excluding tert-OH is 1. The number of benzene rings is 2. The Kier molecular flexibility index (Phi) is 4.63. The van der Waals surface area contributed by atoms with E-state index in [2.05, 4.69) is 20.7 Å². The number of anilines is 1. The Hall–Kier alpha value is -1.15. The largest absolute Gasteiger partial charge is 0.388 e. The first-order valence-corrected chi connectivity index (χ1v) is 9.84. The predicted molar refractivity (Wildman–Crippen MR) is 94.4 cm³/mol. The summed E-state index contributed by atoms with van der Waals surface area (Å²) in [5.41, 5.74) is 1.82. The molecule has 0 saturated heterocycles. The number of aliphatic hydroxyl groups is 1. The van der Waals surface area contributed by atoms with E-state index in [-0.39, 0.29) is 20.1 Å². The lowest BCUT2D eigenvalue weighted by Crippen LogP contribution is -2.16. The summed E-state index contributed by atoms with van der Waals surface area (Å²) in [5.74, 6) is -0.470. The molecular weight excluding hydrogens is 421 g/mol. The zero-order valence-electron chi connectivity index (χ0n) is 12.6. The molecule has 0 fully saturated rings. The Morgan fingerprint density at radius 1 is 1.38 bits per heavy atom. The minimum absolute atomic E-state index is 0.0430. The van der Waals surface area contributed by atoms with E-state index in [0.717, 1.165) is 0 Å². The van der Waals surface area contributed by atoms with Crippen molar-refractivity contribution < 1.29 is 17.9 Å². The number of rotatable bonds is 3. The van der Waals surface area contributed by atoms with Crippen LogP contribution in [0.1, 0.15) is 29.2 Å². The average Bonchev–Trinajstić information content (AvgIpc) is 2.88. The Morgan fingerprint density at radius 2 is 2.08 bits per heavy atom. The monoisotopic (exact) mass is 433 g/mol. The third-order valence-corrected chi connectivity index (χ3v) is 6.73. The maximum atomic E-state index is 13.5. The SMILES string of the molecule is Cc1c(NS(=O)(=O)c2cc(Cl)cc3c2CC[C@H]3O)ccc(F)c1Br. The lowest BCUT2D eigenvalue weighted by atomic mass is 10.1. The van der Waals surface area contributed by atoms with Crippen LogP contribution >= 0.6 is 27.5 Å². The van der Waals surface area contributed by atoms with Gasteiger partial charge in [-0.05, 0) is 76.7 Å². The Labute approximate surface area is 152 Å². The van der Waals surface area contributed by atoms with Gasteiger partial charge in [-0.15, -0.1) is 0 Å². The van der Waals surface area contributed by atoms with Crippen LogP contribution in [0.2, 0.25) is 5.02 Å². The minimum atomic E-state index is -3.93. The third-order valence-electron chi connectivity index (χ3n) is 4.11. The lowest BCUT2D eigenvalue weighted by molar-refractivity contribution is 0.180. The summed E-state index contributed by atoms with van der Waals surface area (Å²) in [6.45, 7) is 1.61. The number of hydrogen-bond donors (Lipinski definition) is 2. The molecule has 1 atom stereocenters. The zero-order valence-corrected chi connectivity index (χ0v) is 15.8. The highest BCUT2D eigenvalue weighted by atomic mass is 79.9. The average molecular weight is 435 g/mol. The van der Waals surface area contributed by atoms with E-state index in [9.17, 15) is 17.9 Å². The van der Waals surface area contributed by atoms with E-state index < -0.39 is 21.9 Å². The van der Waals surface area contributed by atoms with Crippen molar-refractivity contribution in [1.29, 1.82) is 0 Å². The van der Waals surface area contributed by atoms with Crippen LogP contribution in [0.3, 0.4) is 0 Å². The van der Waals surface area contributed by atoms with Gasteiger partial charge in [0, 0.05) is 5.02 Å². The Morgan fingerprint density at radius 3 is 2.79 bits per heavy atom. The van der Waals surface area contributed by atoms with Gasteiger partial charge >= 0.3 is 0 Å². The second-order valence-electron chi connectivity index (χ2n) is 5.67. The molecule has 3 rings (SSSR count). The van der Waals surface area contributed by atoms with E-state index in [4.69, 9.17) is 11.6 Å². The summed E-state index contributed by atoms with van der Waals surface area (Å²) in [7, 11) is -3.93. The first-order chi connectivity index (χ1) is 11.2. The fraction of sp³-hybridized carbons (Fsp3) is 0.250. The minimum Gasteiger partial charge on any atom is -0.388 e. The molecule has 1 aliphatic rings. The summed E-state index contributed by atoms with van der Waals surface area (Å²) in [6.07, 6.45) is 0.198. The summed E-state index contributed by atoms with van der Waals surface area (Å²) < 4.78 is 41.8. The quantitative estimate of drug-likeness (QED) is 0.755. The first kappa shape index (κ1) is 17.7. The molecule has 0 radical (unpaired) electrons. The van der Waals surface area contributed by atoms with Crippen molar-refractivity contribution in [3.8, 4) is 0 Å². The predicted octanol–water partition coefficient (Wildman–Crippen LogP) is 4.33. The number of hydrogen-bond acceptors (Lipinski definition) is 3. The standard InChI is InChI=1S/C16H14BrClFNO3S/c1-8-13(4-3-12(19)16(8)17)20-24(22,23)15-7-9(18)6-11-10(15)2-5-14(11)21/h3-4,6-7,14,20-21H,2,5H2,1H3/t14-/m1/s1. The molecule has 0 aliphatic heterocycles. The zero-order chi connectivity index (χ0) is 17.6. The molecule has 1 aliphatic carbocycles. The van der Waals surface area contributed by atoms with Gasteiger partial charge in [-0.1, -0.05) is 11.6 Å². The molecule has 2 aromatic rings. The van der Waals surface area contributed by atoms with Crippen molar-refractivity contribution in [3.05, 3.63) is 56.3 Å². The molecule has 128 valence electrons. The van der Waals surface area contributed by atoms with Gasteiger partial charge in [0.2, 0.25) is 0 Å². The molecule has 0 heterocycles. The highest BCUT2D eigenvalue weighted by molar-refractivity contribution is 9.10. The topological polar surface area (TPSA) is 66.4 Å². The molecule has 4 nitrogen and oxygen atoms in total. The molecule has 0 spiro atoms. The highest BCUT2D eigenvalue weighted by Gasteiger charge is 2.29. The van der Waals surface area contributed by atoms with Crippen LogP contribution in [-0.4, -0.2) is 13.5 Å². The van der Waals surface area contributed by atoms with E-state index >= 15 is 0 Å². The van der Waals surface area contributed by atoms with Crippen molar-refractivity contribution in [2.24, 2.45) is 0 Å². The van der Waals surface area contributed by atoms with Crippen LogP contribution in [0.25, 0.3) is 0 Å². The second kappa shape index (κ2) is 6.29. The molecule has 2 N–H and O–H groups in total. The van der Waals surface area contributed by atoms with Crippen LogP contribution < -0.4 is 4.72 Å². The van der Waals surface area contributed by atoms with E-state index in [1.165, 1.54) is 18.2 Å². The van der Waals surface area contributed by atoms with Gasteiger partial charge in [-0.25, -0.2) is 12.8 Å². The van der Waals surface area contributed by atoms with Gasteiger partial charge in [-0.3, -0.25) is 4.72 Å².